The maximum Gasteiger partial charge on any atom is 0.309 e. The molecule has 3 fully saturated rings. The van der Waals surface area contributed by atoms with Gasteiger partial charge in [-0.3, -0.25) is 4.79 Å². The molecule has 0 aromatic heterocycles. The zero-order chi connectivity index (χ0) is 16.8. The van der Waals surface area contributed by atoms with Crippen LogP contribution in [-0.4, -0.2) is 56.3 Å². The van der Waals surface area contributed by atoms with E-state index in [1.165, 1.54) is 0 Å². The Morgan fingerprint density at radius 2 is 1.92 bits per heavy atom. The molecule has 2 saturated heterocycles. The lowest BCUT2D eigenvalue weighted by Gasteiger charge is -2.42. The van der Waals surface area contributed by atoms with Gasteiger partial charge in [-0.2, -0.15) is 0 Å². The number of hydrogen-bond acceptors (Lipinski definition) is 6. The summed E-state index contributed by atoms with van der Waals surface area (Å²) in [7, 11) is 3.20. The number of ether oxygens (including phenoxy) is 5. The van der Waals surface area contributed by atoms with Gasteiger partial charge in [0.05, 0.1) is 31.8 Å². The Morgan fingerprint density at radius 1 is 1.17 bits per heavy atom. The highest BCUT2D eigenvalue weighted by molar-refractivity contribution is 5.75. The number of carboxylic acids is 1. The fourth-order valence-electron chi connectivity index (χ4n) is 3.78. The fraction of sp³-hybridized carbons (Fsp3) is 0.588. The second-order valence-corrected chi connectivity index (χ2v) is 6.32. The Bertz CT molecular complexity index is 616. The molecule has 2 aliphatic heterocycles. The number of benzene rings is 1. The summed E-state index contributed by atoms with van der Waals surface area (Å²) < 4.78 is 28.4. The van der Waals surface area contributed by atoms with Crippen LogP contribution in [0, 0.1) is 11.8 Å². The van der Waals surface area contributed by atoms with E-state index < -0.39 is 18.2 Å². The quantitative estimate of drug-likeness (QED) is 0.885. The molecule has 1 aromatic carbocycles. The third kappa shape index (κ3) is 2.48. The van der Waals surface area contributed by atoms with E-state index in [0.717, 1.165) is 11.3 Å². The lowest BCUT2D eigenvalue weighted by Crippen LogP contribution is -2.53. The highest BCUT2D eigenvalue weighted by atomic mass is 16.7. The van der Waals surface area contributed by atoms with E-state index in [4.69, 9.17) is 23.7 Å². The molecule has 2 heterocycles. The summed E-state index contributed by atoms with van der Waals surface area (Å²) in [6, 6.07) is 7.46. The molecule has 7 atom stereocenters. The van der Waals surface area contributed by atoms with Gasteiger partial charge >= 0.3 is 5.97 Å². The summed E-state index contributed by atoms with van der Waals surface area (Å²) in [6.45, 7) is 0.344. The summed E-state index contributed by atoms with van der Waals surface area (Å²) in [4.78, 5) is 11.3. The molecule has 7 nitrogen and oxygen atoms in total. The number of carbonyl (C=O) groups is 1. The number of hydrogen-bond donors (Lipinski definition) is 1. The van der Waals surface area contributed by atoms with E-state index in [-0.39, 0.29) is 30.3 Å². The summed E-state index contributed by atoms with van der Waals surface area (Å²) in [5.41, 5.74) is 0.872. The van der Waals surface area contributed by atoms with E-state index in [1.807, 2.05) is 24.3 Å². The molecule has 1 saturated carbocycles. The van der Waals surface area contributed by atoms with Gasteiger partial charge in [0.25, 0.3) is 0 Å². The number of methoxy groups -OCH3 is 2. The molecule has 1 aromatic rings. The van der Waals surface area contributed by atoms with Gasteiger partial charge in [-0.05, 0) is 12.1 Å². The van der Waals surface area contributed by atoms with Crippen LogP contribution in [0.5, 0.6) is 5.75 Å². The van der Waals surface area contributed by atoms with Gasteiger partial charge < -0.3 is 28.8 Å². The number of fused-ring (bicyclic) bond motifs is 2. The van der Waals surface area contributed by atoms with E-state index in [0.29, 0.717) is 6.61 Å². The lowest BCUT2D eigenvalue weighted by molar-refractivity contribution is -0.303. The van der Waals surface area contributed by atoms with Crippen LogP contribution in [0.15, 0.2) is 24.3 Å². The molecular weight excluding hydrogens is 316 g/mol. The van der Waals surface area contributed by atoms with Crippen LogP contribution >= 0.6 is 0 Å². The molecule has 1 unspecified atom stereocenters. The largest absolute Gasteiger partial charge is 0.497 e. The minimum Gasteiger partial charge on any atom is -0.497 e. The Hall–Kier alpha value is -1.67. The van der Waals surface area contributed by atoms with Crippen molar-refractivity contribution in [3.05, 3.63) is 29.8 Å². The van der Waals surface area contributed by atoms with Crippen LogP contribution in [0.1, 0.15) is 11.9 Å². The first-order valence-corrected chi connectivity index (χ1v) is 7.96. The Kier molecular flexibility index (Phi) is 3.96. The van der Waals surface area contributed by atoms with Crippen LogP contribution in [0.3, 0.4) is 0 Å². The highest BCUT2D eigenvalue weighted by Crippen LogP contribution is 2.53. The lowest BCUT2D eigenvalue weighted by atomic mass is 9.99. The van der Waals surface area contributed by atoms with Crippen molar-refractivity contribution in [1.82, 2.24) is 0 Å². The molecule has 24 heavy (non-hydrogen) atoms. The third-order valence-electron chi connectivity index (χ3n) is 5.05. The molecule has 0 amide bonds. The van der Waals surface area contributed by atoms with Crippen LogP contribution in [0.4, 0.5) is 0 Å². The topological polar surface area (TPSA) is 83.5 Å². The third-order valence-corrected chi connectivity index (χ3v) is 5.05. The van der Waals surface area contributed by atoms with E-state index in [2.05, 4.69) is 0 Å². The Labute approximate surface area is 139 Å². The molecule has 130 valence electrons. The van der Waals surface area contributed by atoms with Crippen molar-refractivity contribution >= 4 is 5.97 Å². The second-order valence-electron chi connectivity index (χ2n) is 6.32. The predicted octanol–water partition coefficient (Wildman–Crippen LogP) is 1.22. The molecule has 1 N–H and O–H groups in total. The Balaban J connectivity index is 1.51. The molecule has 1 aliphatic carbocycles. The number of rotatable bonds is 4. The van der Waals surface area contributed by atoms with Gasteiger partial charge in [-0.25, -0.2) is 0 Å². The van der Waals surface area contributed by atoms with Crippen molar-refractivity contribution in [2.45, 2.75) is 30.7 Å². The molecule has 0 bridgehead atoms. The van der Waals surface area contributed by atoms with Crippen molar-refractivity contribution in [1.29, 1.82) is 0 Å². The molecule has 3 aliphatic rings. The van der Waals surface area contributed by atoms with Gasteiger partial charge in [0.2, 0.25) is 0 Å². The van der Waals surface area contributed by atoms with Crippen molar-refractivity contribution in [2.24, 2.45) is 11.8 Å². The highest BCUT2D eigenvalue weighted by Gasteiger charge is 2.67. The van der Waals surface area contributed by atoms with Gasteiger partial charge in [0.15, 0.2) is 6.29 Å². The number of aliphatic carboxylic acids is 1. The van der Waals surface area contributed by atoms with Crippen LogP contribution in [-0.2, 0) is 23.7 Å². The summed E-state index contributed by atoms with van der Waals surface area (Å²) in [6.07, 6.45) is -1.80. The molecule has 7 heteroatoms. The molecular formula is C17H20O7. The summed E-state index contributed by atoms with van der Waals surface area (Å²) >= 11 is 0. The van der Waals surface area contributed by atoms with Gasteiger partial charge in [0, 0.05) is 18.6 Å². The van der Waals surface area contributed by atoms with Crippen molar-refractivity contribution in [3.8, 4) is 5.75 Å². The predicted molar refractivity (Wildman–Crippen MR) is 80.6 cm³/mol. The normalized spacial score (nSPS) is 40.3. The molecule has 0 radical (unpaired) electrons. The maximum atomic E-state index is 11.3. The van der Waals surface area contributed by atoms with E-state index in [9.17, 15) is 9.90 Å². The molecule has 4 rings (SSSR count). The van der Waals surface area contributed by atoms with Crippen LogP contribution < -0.4 is 4.74 Å². The monoisotopic (exact) mass is 336 g/mol. The zero-order valence-corrected chi connectivity index (χ0v) is 13.5. The minimum absolute atomic E-state index is 0.164. The van der Waals surface area contributed by atoms with Gasteiger partial charge in [0.1, 0.15) is 18.0 Å². The minimum atomic E-state index is -0.849. The van der Waals surface area contributed by atoms with Gasteiger partial charge in [-0.1, -0.05) is 12.1 Å². The maximum absolute atomic E-state index is 11.3. The van der Waals surface area contributed by atoms with Crippen molar-refractivity contribution in [2.75, 3.05) is 20.8 Å². The van der Waals surface area contributed by atoms with Crippen molar-refractivity contribution < 1.29 is 33.6 Å². The van der Waals surface area contributed by atoms with Crippen molar-refractivity contribution in [3.63, 3.8) is 0 Å². The van der Waals surface area contributed by atoms with Gasteiger partial charge in [-0.15, -0.1) is 0 Å². The Morgan fingerprint density at radius 3 is 2.54 bits per heavy atom. The summed E-state index contributed by atoms with van der Waals surface area (Å²) in [5.74, 6) is -0.779. The SMILES string of the molecule is COc1ccc([C@@H]2OC[C@H]3O[C@@H]4C(C(=O)O)[C@@H]4[C@@H](OC)[C@@H]3O2)cc1. The standard InChI is InChI=1S/C17H20O7/c1-20-9-5-3-8(4-6-9)17-22-7-10-13(24-17)15(21-2)11-12(16(18)19)14(11)23-10/h3-6,10-15,17H,7H2,1-2H3,(H,18,19)/t10-,11+,12?,13-,14+,15-,17-/m1/s1. The first-order valence-electron chi connectivity index (χ1n) is 7.96. The summed E-state index contributed by atoms with van der Waals surface area (Å²) in [5, 5.41) is 9.29. The molecule has 0 spiro atoms. The zero-order valence-electron chi connectivity index (χ0n) is 13.5. The van der Waals surface area contributed by atoms with Crippen LogP contribution in [0.2, 0.25) is 0 Å². The fourth-order valence-corrected chi connectivity index (χ4v) is 3.78. The van der Waals surface area contributed by atoms with E-state index in [1.54, 1.807) is 14.2 Å². The second kappa shape index (κ2) is 6.00. The average molecular weight is 336 g/mol. The average Bonchev–Trinajstić information content (AvgIpc) is 3.33. The van der Waals surface area contributed by atoms with Crippen LogP contribution in [0.25, 0.3) is 0 Å². The first kappa shape index (κ1) is 15.8. The van der Waals surface area contributed by atoms with E-state index >= 15 is 0 Å². The number of carboxylic acid groups (broad SMARTS) is 1. The smallest absolute Gasteiger partial charge is 0.309 e. The first-order chi connectivity index (χ1) is 11.6.